The number of nitrogens with zero attached hydrogens (tertiary/aromatic N) is 3. The van der Waals surface area contributed by atoms with Gasteiger partial charge in [0.15, 0.2) is 5.78 Å². The second-order valence-electron chi connectivity index (χ2n) is 14.1. The Morgan fingerprint density at radius 1 is 0.844 bits per heavy atom. The SMILES string of the molecule is C[C@@H](O)[C@H]1C(=O)N2C(C(=O)[O-])=C(c3ccc4c(c3)-c3ccc(C[N+]56CC[N+](Cc7ccccc7)(CC5)CC6)cc3C4=O)[C@H](C)[C@H]12. The van der Waals surface area contributed by atoms with E-state index < -0.39 is 24.0 Å². The van der Waals surface area contributed by atoms with Gasteiger partial charge in [0.2, 0.25) is 5.91 Å². The number of hydrogen-bond donors (Lipinski definition) is 1. The molecule has 6 aliphatic rings. The van der Waals surface area contributed by atoms with Crippen molar-refractivity contribution in [2.75, 3.05) is 39.3 Å². The van der Waals surface area contributed by atoms with Gasteiger partial charge in [0, 0.05) is 28.2 Å². The molecular formula is C37H38N3O5+. The van der Waals surface area contributed by atoms with Crippen LogP contribution in [0.25, 0.3) is 16.7 Å². The molecule has 8 nitrogen and oxygen atoms in total. The molecule has 9 rings (SSSR count). The first-order valence-electron chi connectivity index (χ1n) is 16.1. The van der Waals surface area contributed by atoms with E-state index in [4.69, 9.17) is 0 Å². The molecule has 230 valence electrons. The highest BCUT2D eigenvalue weighted by Gasteiger charge is 2.58. The van der Waals surface area contributed by atoms with Crippen LogP contribution < -0.4 is 5.11 Å². The number of aliphatic hydroxyl groups is 1. The third-order valence-corrected chi connectivity index (χ3v) is 11.6. The van der Waals surface area contributed by atoms with Crippen molar-refractivity contribution in [3.63, 3.8) is 0 Å². The lowest BCUT2D eigenvalue weighted by Gasteiger charge is -2.55. The first-order chi connectivity index (χ1) is 21.6. The van der Waals surface area contributed by atoms with E-state index in [-0.39, 0.29) is 23.3 Å². The van der Waals surface area contributed by atoms with E-state index in [1.54, 1.807) is 19.1 Å². The van der Waals surface area contributed by atoms with Gasteiger partial charge < -0.3 is 28.9 Å². The van der Waals surface area contributed by atoms with E-state index in [1.165, 1.54) is 40.1 Å². The molecule has 3 aromatic rings. The molecule has 0 spiro atoms. The second kappa shape index (κ2) is 9.94. The lowest BCUT2D eigenvalue weighted by molar-refractivity contribution is -1.09. The Labute approximate surface area is 263 Å². The number of quaternary nitrogens is 2. The van der Waals surface area contributed by atoms with Crippen molar-refractivity contribution in [2.24, 2.45) is 11.8 Å². The zero-order valence-corrected chi connectivity index (χ0v) is 25.7. The van der Waals surface area contributed by atoms with Crippen LogP contribution in [-0.4, -0.2) is 88.0 Å². The number of piperazine rings is 3. The van der Waals surface area contributed by atoms with Crippen molar-refractivity contribution >= 4 is 23.2 Å². The van der Waals surface area contributed by atoms with Crippen LogP contribution in [-0.2, 0) is 22.7 Å². The minimum Gasteiger partial charge on any atom is -0.543 e. The number of rotatable bonds is 7. The predicted molar refractivity (Wildman–Crippen MR) is 166 cm³/mol. The van der Waals surface area contributed by atoms with Crippen LogP contribution in [0.5, 0.6) is 0 Å². The summed E-state index contributed by atoms with van der Waals surface area (Å²) in [6.45, 7) is 12.4. The van der Waals surface area contributed by atoms with Gasteiger partial charge in [-0.15, -0.1) is 0 Å². The third-order valence-electron chi connectivity index (χ3n) is 11.6. The third kappa shape index (κ3) is 4.19. The molecule has 1 amide bonds. The largest absolute Gasteiger partial charge is 0.543 e. The van der Waals surface area contributed by atoms with E-state index in [9.17, 15) is 24.6 Å². The van der Waals surface area contributed by atoms with Gasteiger partial charge in [-0.25, -0.2) is 0 Å². The molecule has 0 unspecified atom stereocenters. The Kier molecular flexibility index (Phi) is 6.27. The lowest BCUT2D eigenvalue weighted by atomic mass is 9.76. The summed E-state index contributed by atoms with van der Waals surface area (Å²) in [5, 5.41) is 22.5. The standard InChI is InChI=1S/C37H38N3O5/c1-22-31(34(37(44)45)38-33(22)32(23(2)41)36(38)43)26-9-11-28-29(19-26)27-10-8-25(18-30(27)35(28)42)21-40-15-12-39(13-16-40,14-17-40)20-24-6-4-3-5-7-24/h3-11,18-19,22-23,32-33,41H,12-17,20-21H2,1-2H3/q+1/t22-,23+,32+,33+,39?,40?/m0/s1. The number of fused-ring (bicyclic) bond motifs is 7. The van der Waals surface area contributed by atoms with Crippen molar-refractivity contribution in [3.8, 4) is 11.1 Å². The van der Waals surface area contributed by atoms with Gasteiger partial charge >= 0.3 is 0 Å². The maximum atomic E-state index is 13.6. The number of β-lactam (4-membered cyclic amide) rings is 1. The van der Waals surface area contributed by atoms with Crippen LogP contribution in [0.15, 0.2) is 72.4 Å². The second-order valence-corrected chi connectivity index (χ2v) is 14.1. The molecule has 1 aliphatic carbocycles. The number of carboxylic acids is 1. The van der Waals surface area contributed by atoms with Crippen molar-refractivity contribution in [1.29, 1.82) is 0 Å². The number of carbonyl (C=O) groups excluding carboxylic acids is 3. The Morgan fingerprint density at radius 3 is 2.09 bits per heavy atom. The number of ketones is 1. The molecule has 0 aromatic heterocycles. The normalized spacial score (nSPS) is 30.2. The topological polar surface area (TPSA) is 97.7 Å². The van der Waals surface area contributed by atoms with E-state index >= 15 is 0 Å². The number of hydrogen-bond acceptors (Lipinski definition) is 5. The van der Waals surface area contributed by atoms with Gasteiger partial charge in [0.05, 0.1) is 29.7 Å². The van der Waals surface area contributed by atoms with Crippen molar-refractivity contribution in [1.82, 2.24) is 4.90 Å². The molecule has 1 N–H and O–H groups in total. The van der Waals surface area contributed by atoms with Crippen molar-refractivity contribution < 1.29 is 33.6 Å². The molecule has 0 saturated carbocycles. The molecule has 4 saturated heterocycles. The summed E-state index contributed by atoms with van der Waals surface area (Å²) in [6, 6.07) is 22.1. The molecule has 5 heterocycles. The highest BCUT2D eigenvalue weighted by molar-refractivity contribution is 6.22. The van der Waals surface area contributed by atoms with Gasteiger partial charge in [0.1, 0.15) is 52.4 Å². The first-order valence-corrected chi connectivity index (χ1v) is 16.1. The number of aliphatic carboxylic acids is 1. The summed E-state index contributed by atoms with van der Waals surface area (Å²) in [5.41, 5.74) is 6.60. The number of benzene rings is 3. The zero-order chi connectivity index (χ0) is 31.2. The minimum atomic E-state index is -1.41. The Hall–Kier alpha value is -4.11. The fourth-order valence-corrected chi connectivity index (χ4v) is 9.11. The molecular weight excluding hydrogens is 566 g/mol. The van der Waals surface area contributed by atoms with Crippen LogP contribution in [0.1, 0.15) is 46.5 Å². The fraction of sp³-hybridized carbons (Fsp3) is 0.378. The number of aliphatic hydroxyl groups excluding tert-OH is 1. The summed E-state index contributed by atoms with van der Waals surface area (Å²) in [4.78, 5) is 40.0. The highest BCUT2D eigenvalue weighted by atomic mass is 16.4. The summed E-state index contributed by atoms with van der Waals surface area (Å²) in [7, 11) is 0. The molecule has 2 bridgehead atoms. The minimum absolute atomic E-state index is 0.00836. The summed E-state index contributed by atoms with van der Waals surface area (Å²) < 4.78 is 2.24. The van der Waals surface area contributed by atoms with Gasteiger partial charge in [-0.3, -0.25) is 9.59 Å². The molecule has 8 heteroatoms. The van der Waals surface area contributed by atoms with Crippen LogP contribution >= 0.6 is 0 Å². The predicted octanol–water partition coefficient (Wildman–Crippen LogP) is 2.58. The Bertz CT molecular complexity index is 1790. The zero-order valence-electron chi connectivity index (χ0n) is 25.7. The molecule has 4 atom stereocenters. The lowest BCUT2D eigenvalue weighted by Crippen LogP contribution is -2.74. The van der Waals surface area contributed by atoms with Gasteiger partial charge in [-0.05, 0) is 47.4 Å². The van der Waals surface area contributed by atoms with Crippen molar-refractivity contribution in [3.05, 3.63) is 100 Å². The smallest absolute Gasteiger partial charge is 0.235 e. The summed E-state index contributed by atoms with van der Waals surface area (Å²) in [6.07, 6.45) is -0.876. The Morgan fingerprint density at radius 2 is 1.47 bits per heavy atom. The molecule has 4 fully saturated rings. The monoisotopic (exact) mass is 604 g/mol. The molecule has 0 radical (unpaired) electrons. The summed E-state index contributed by atoms with van der Waals surface area (Å²) in [5.74, 6) is -2.75. The van der Waals surface area contributed by atoms with Crippen LogP contribution in [0.2, 0.25) is 0 Å². The van der Waals surface area contributed by atoms with Crippen molar-refractivity contribution in [2.45, 2.75) is 39.1 Å². The average Bonchev–Trinajstić information content (AvgIpc) is 3.45. The quantitative estimate of drug-likeness (QED) is 0.259. The molecule has 5 aliphatic heterocycles. The van der Waals surface area contributed by atoms with Crippen LogP contribution in [0, 0.1) is 11.8 Å². The molecule has 45 heavy (non-hydrogen) atoms. The Balaban J connectivity index is 1.05. The van der Waals surface area contributed by atoms with E-state index in [1.807, 2.05) is 19.1 Å². The van der Waals surface area contributed by atoms with Gasteiger partial charge in [0.25, 0.3) is 0 Å². The maximum absolute atomic E-state index is 13.6. The van der Waals surface area contributed by atoms with Crippen LogP contribution in [0.3, 0.4) is 0 Å². The van der Waals surface area contributed by atoms with E-state index in [0.29, 0.717) is 22.3 Å². The number of carboxylic acid groups (broad SMARTS) is 1. The highest BCUT2D eigenvalue weighted by Crippen LogP contribution is 2.51. The summed E-state index contributed by atoms with van der Waals surface area (Å²) >= 11 is 0. The number of carbonyl (C=O) groups is 3. The number of amides is 1. The van der Waals surface area contributed by atoms with Crippen LogP contribution in [0.4, 0.5) is 0 Å². The maximum Gasteiger partial charge on any atom is 0.235 e. The van der Waals surface area contributed by atoms with Gasteiger partial charge in [-0.1, -0.05) is 55.5 Å². The molecule has 3 aromatic carbocycles. The van der Waals surface area contributed by atoms with E-state index in [2.05, 4.69) is 42.5 Å². The van der Waals surface area contributed by atoms with Gasteiger partial charge in [-0.2, -0.15) is 0 Å². The average molecular weight is 605 g/mol. The fourth-order valence-electron chi connectivity index (χ4n) is 9.11. The van der Waals surface area contributed by atoms with E-state index in [0.717, 1.165) is 48.3 Å². The first kappa shape index (κ1) is 28.4.